The van der Waals surface area contributed by atoms with Gasteiger partial charge in [-0.1, -0.05) is 42.2 Å². The van der Waals surface area contributed by atoms with E-state index in [0.717, 1.165) is 16.8 Å². The molecule has 1 fully saturated rings. The van der Waals surface area contributed by atoms with Crippen LogP contribution in [0.5, 0.6) is 0 Å². The second kappa shape index (κ2) is 7.92. The summed E-state index contributed by atoms with van der Waals surface area (Å²) in [4.78, 5) is 33.1. The van der Waals surface area contributed by atoms with Crippen molar-refractivity contribution in [2.45, 2.75) is 27.7 Å². The van der Waals surface area contributed by atoms with Gasteiger partial charge in [-0.3, -0.25) is 19.4 Å². The van der Waals surface area contributed by atoms with Crippen LogP contribution in [-0.2, 0) is 9.59 Å². The van der Waals surface area contributed by atoms with Crippen LogP contribution in [0.4, 0.5) is 10.8 Å². The van der Waals surface area contributed by atoms with Crippen molar-refractivity contribution in [1.82, 2.24) is 9.88 Å². The van der Waals surface area contributed by atoms with Gasteiger partial charge in [0.2, 0.25) is 5.91 Å². The lowest BCUT2D eigenvalue weighted by molar-refractivity contribution is -0.122. The van der Waals surface area contributed by atoms with Crippen LogP contribution in [0, 0.1) is 13.8 Å². The summed E-state index contributed by atoms with van der Waals surface area (Å²) in [5, 5.41) is 2.43. The molecule has 0 spiro atoms. The molecule has 2 amide bonds. The van der Waals surface area contributed by atoms with Gasteiger partial charge < -0.3 is 0 Å². The first-order chi connectivity index (χ1) is 12.8. The van der Waals surface area contributed by atoms with E-state index in [9.17, 15) is 9.59 Å². The molecule has 0 unspecified atom stereocenters. The quantitative estimate of drug-likeness (QED) is 0.535. The third-order valence-electron chi connectivity index (χ3n) is 4.15. The number of hydrogen-bond acceptors (Lipinski definition) is 6. The Labute approximate surface area is 172 Å². The van der Waals surface area contributed by atoms with Crippen LogP contribution in [-0.4, -0.2) is 32.6 Å². The Morgan fingerprint density at radius 3 is 2.56 bits per heavy atom. The zero-order valence-electron chi connectivity index (χ0n) is 15.5. The topological polar surface area (TPSA) is 53.5 Å². The summed E-state index contributed by atoms with van der Waals surface area (Å²) < 4.78 is 0.560. The average Bonchev–Trinajstić information content (AvgIpc) is 3.15. The lowest BCUT2D eigenvalue weighted by Gasteiger charge is -2.22. The summed E-state index contributed by atoms with van der Waals surface area (Å²) in [5.74, 6) is -0.203. The number of benzene rings is 1. The maximum absolute atomic E-state index is 12.4. The van der Waals surface area contributed by atoms with Gasteiger partial charge in [-0.25, -0.2) is 4.98 Å². The molecular weight excluding hydrogens is 398 g/mol. The van der Waals surface area contributed by atoms with Crippen LogP contribution < -0.4 is 4.90 Å². The van der Waals surface area contributed by atoms with Crippen molar-refractivity contribution < 1.29 is 9.59 Å². The average molecular weight is 418 g/mol. The van der Waals surface area contributed by atoms with Gasteiger partial charge in [0.15, 0.2) is 5.13 Å². The number of carbonyl (C=O) groups is 2. The van der Waals surface area contributed by atoms with E-state index in [1.807, 2.05) is 44.4 Å². The zero-order chi connectivity index (χ0) is 19.7. The summed E-state index contributed by atoms with van der Waals surface area (Å²) in [7, 11) is 0. The van der Waals surface area contributed by atoms with E-state index in [2.05, 4.69) is 4.98 Å². The summed E-state index contributed by atoms with van der Waals surface area (Å²) in [6, 6.07) is 5.92. The third kappa shape index (κ3) is 3.83. The van der Waals surface area contributed by atoms with E-state index in [4.69, 9.17) is 12.2 Å². The van der Waals surface area contributed by atoms with E-state index in [1.165, 1.54) is 30.0 Å². The van der Waals surface area contributed by atoms with Gasteiger partial charge in [-0.05, 0) is 38.0 Å². The first-order valence-corrected chi connectivity index (χ1v) is 10.5. The fourth-order valence-electron chi connectivity index (χ4n) is 2.90. The molecule has 3 rings (SSSR count). The van der Waals surface area contributed by atoms with Crippen LogP contribution in [0.3, 0.4) is 0 Å². The molecule has 2 heterocycles. The van der Waals surface area contributed by atoms with Crippen molar-refractivity contribution in [2.75, 3.05) is 11.4 Å². The Morgan fingerprint density at radius 2 is 2.00 bits per heavy atom. The van der Waals surface area contributed by atoms with E-state index in [0.29, 0.717) is 26.6 Å². The minimum Gasteiger partial charge on any atom is -0.293 e. The number of para-hydroxylation sites is 1. The highest BCUT2D eigenvalue weighted by atomic mass is 32.2. The Hall–Kier alpha value is -2.03. The van der Waals surface area contributed by atoms with Crippen LogP contribution in [0.2, 0.25) is 0 Å². The van der Waals surface area contributed by atoms with Gasteiger partial charge in [0, 0.05) is 18.8 Å². The van der Waals surface area contributed by atoms with Crippen LogP contribution in [0.15, 0.2) is 28.5 Å². The number of amides is 2. The normalized spacial score (nSPS) is 15.7. The molecule has 5 nitrogen and oxygen atoms in total. The molecule has 0 bridgehead atoms. The first-order valence-electron chi connectivity index (χ1n) is 8.41. The molecule has 0 radical (unpaired) electrons. The lowest BCUT2D eigenvalue weighted by atomic mass is 10.1. The number of thiocarbonyl (C=S) groups is 1. The molecule has 1 aliphatic heterocycles. The predicted octanol–water partition coefficient (Wildman–Crippen LogP) is 4.67. The SMILES string of the molecule is CCN1C(=O)C(=Cc2csc(N(C(C)=O)c3c(C)cccc3C)n2)SC1=S. The number of thiazole rings is 1. The number of anilines is 2. The fourth-order valence-corrected chi connectivity index (χ4v) is 5.10. The zero-order valence-corrected chi connectivity index (χ0v) is 17.9. The lowest BCUT2D eigenvalue weighted by Crippen LogP contribution is -2.27. The molecule has 0 atom stereocenters. The van der Waals surface area contributed by atoms with Gasteiger partial charge in [0.1, 0.15) is 4.32 Å². The van der Waals surface area contributed by atoms with Crippen LogP contribution >= 0.6 is 35.3 Å². The standard InChI is InChI=1S/C19H19N3O2S3/c1-5-21-17(24)15(27-19(21)25)9-14-10-26-18(20-14)22(13(4)23)16-11(2)7-6-8-12(16)3/h6-10H,5H2,1-4H3. The third-order valence-corrected chi connectivity index (χ3v) is 6.37. The van der Waals surface area contributed by atoms with Gasteiger partial charge in [0.05, 0.1) is 16.3 Å². The molecule has 0 saturated carbocycles. The van der Waals surface area contributed by atoms with Crippen molar-refractivity contribution in [2.24, 2.45) is 0 Å². The van der Waals surface area contributed by atoms with Gasteiger partial charge in [0.25, 0.3) is 5.91 Å². The number of thioether (sulfide) groups is 1. The molecule has 27 heavy (non-hydrogen) atoms. The van der Waals surface area contributed by atoms with Crippen molar-refractivity contribution >= 4 is 68.3 Å². The summed E-state index contributed by atoms with van der Waals surface area (Å²) in [5.41, 5.74) is 3.50. The van der Waals surface area contributed by atoms with Crippen molar-refractivity contribution in [1.29, 1.82) is 0 Å². The largest absolute Gasteiger partial charge is 0.293 e. The summed E-state index contributed by atoms with van der Waals surface area (Å²) >= 11 is 7.89. The highest BCUT2D eigenvalue weighted by Crippen LogP contribution is 2.36. The minimum absolute atomic E-state index is 0.0970. The second-order valence-corrected chi connectivity index (χ2v) is 8.59. The number of carbonyl (C=O) groups excluding carboxylic acids is 2. The maximum atomic E-state index is 12.4. The number of aryl methyl sites for hydroxylation is 2. The highest BCUT2D eigenvalue weighted by Gasteiger charge is 2.31. The molecule has 2 aromatic rings. The predicted molar refractivity (Wildman–Crippen MR) is 116 cm³/mol. The van der Waals surface area contributed by atoms with E-state index >= 15 is 0 Å². The van der Waals surface area contributed by atoms with Gasteiger partial charge in [-0.15, -0.1) is 11.3 Å². The molecular formula is C19H19N3O2S3. The van der Waals surface area contributed by atoms with Crippen molar-refractivity contribution in [3.63, 3.8) is 0 Å². The van der Waals surface area contributed by atoms with E-state index in [1.54, 1.807) is 15.9 Å². The molecule has 0 N–H and O–H groups in total. The molecule has 1 aliphatic rings. The van der Waals surface area contributed by atoms with E-state index < -0.39 is 0 Å². The number of aromatic nitrogens is 1. The first kappa shape index (κ1) is 19.7. The Bertz CT molecular complexity index is 945. The number of likely N-dealkylation sites (N-methyl/N-ethyl adjacent to an activating group) is 1. The molecule has 0 aliphatic carbocycles. The Balaban J connectivity index is 1.97. The van der Waals surface area contributed by atoms with Gasteiger partial charge >= 0.3 is 0 Å². The fraction of sp³-hybridized carbons (Fsp3) is 0.263. The van der Waals surface area contributed by atoms with Crippen molar-refractivity contribution in [3.05, 3.63) is 45.3 Å². The van der Waals surface area contributed by atoms with E-state index in [-0.39, 0.29) is 11.8 Å². The Kier molecular flexibility index (Phi) is 5.78. The molecule has 140 valence electrons. The highest BCUT2D eigenvalue weighted by molar-refractivity contribution is 8.26. The van der Waals surface area contributed by atoms with Gasteiger partial charge in [-0.2, -0.15) is 0 Å². The molecule has 1 aromatic heterocycles. The monoisotopic (exact) mass is 417 g/mol. The molecule has 1 saturated heterocycles. The number of nitrogens with zero attached hydrogens (tertiary/aromatic N) is 3. The smallest absolute Gasteiger partial charge is 0.266 e. The molecule has 8 heteroatoms. The summed E-state index contributed by atoms with van der Waals surface area (Å²) in [6.07, 6.45) is 1.73. The number of hydrogen-bond donors (Lipinski definition) is 0. The number of rotatable bonds is 4. The summed E-state index contributed by atoms with van der Waals surface area (Å²) in [6.45, 7) is 7.92. The molecule has 1 aromatic carbocycles. The second-order valence-electron chi connectivity index (χ2n) is 6.08. The van der Waals surface area contributed by atoms with Crippen LogP contribution in [0.1, 0.15) is 30.7 Å². The maximum Gasteiger partial charge on any atom is 0.266 e. The van der Waals surface area contributed by atoms with Crippen molar-refractivity contribution in [3.8, 4) is 0 Å². The Morgan fingerprint density at radius 1 is 1.33 bits per heavy atom. The minimum atomic E-state index is -0.106. The van der Waals surface area contributed by atoms with Crippen LogP contribution in [0.25, 0.3) is 6.08 Å².